The minimum Gasteiger partial charge on any atom is -0.488 e. The summed E-state index contributed by atoms with van der Waals surface area (Å²) in [6.07, 6.45) is 3.84. The SMILES string of the molecule is CCOC(=O)C1=C(C)N=c2s/c(=C\c3ccccc3OCc3ccccc3)c(=O)n2[C@H]1c1ccc(SC)cc1. The Balaban J connectivity index is 1.60. The van der Waals surface area contributed by atoms with E-state index in [0.29, 0.717) is 33.0 Å². The van der Waals surface area contributed by atoms with Gasteiger partial charge in [0.15, 0.2) is 4.80 Å². The van der Waals surface area contributed by atoms with Gasteiger partial charge in [-0.1, -0.05) is 72.0 Å². The summed E-state index contributed by atoms with van der Waals surface area (Å²) in [5.41, 5.74) is 3.38. The van der Waals surface area contributed by atoms with E-state index < -0.39 is 12.0 Å². The first-order valence-electron chi connectivity index (χ1n) is 12.6. The third kappa shape index (κ3) is 5.62. The number of aromatic nitrogens is 1. The largest absolute Gasteiger partial charge is 0.488 e. The molecule has 0 N–H and O–H groups in total. The van der Waals surface area contributed by atoms with Gasteiger partial charge in [-0.15, -0.1) is 11.8 Å². The Morgan fingerprint density at radius 3 is 2.49 bits per heavy atom. The molecular weight excluding hydrogens is 528 g/mol. The lowest BCUT2D eigenvalue weighted by Crippen LogP contribution is -2.39. The number of carbonyl (C=O) groups is 1. The smallest absolute Gasteiger partial charge is 0.338 e. The Bertz CT molecular complexity index is 1700. The third-order valence-electron chi connectivity index (χ3n) is 6.39. The van der Waals surface area contributed by atoms with Crippen LogP contribution in [-0.2, 0) is 16.1 Å². The molecule has 0 aliphatic carbocycles. The number of hydrogen-bond donors (Lipinski definition) is 0. The number of fused-ring (bicyclic) bond motifs is 1. The zero-order valence-corrected chi connectivity index (χ0v) is 23.6. The van der Waals surface area contributed by atoms with Crippen molar-refractivity contribution in [2.24, 2.45) is 4.99 Å². The van der Waals surface area contributed by atoms with Crippen molar-refractivity contribution in [1.82, 2.24) is 4.57 Å². The lowest BCUT2D eigenvalue weighted by molar-refractivity contribution is -0.139. The number of carbonyl (C=O) groups excluding carboxylic acids is 1. The second-order valence-corrected chi connectivity index (χ2v) is 10.8. The van der Waals surface area contributed by atoms with Gasteiger partial charge in [-0.25, -0.2) is 9.79 Å². The molecule has 2 heterocycles. The first-order chi connectivity index (χ1) is 19.0. The Hall–Kier alpha value is -3.88. The van der Waals surface area contributed by atoms with Gasteiger partial charge in [0.2, 0.25) is 0 Å². The molecule has 1 atom stereocenters. The Kier molecular flexibility index (Phi) is 8.14. The number of thiazole rings is 1. The van der Waals surface area contributed by atoms with Gasteiger partial charge in [-0.3, -0.25) is 9.36 Å². The van der Waals surface area contributed by atoms with Gasteiger partial charge in [0, 0.05) is 10.5 Å². The summed E-state index contributed by atoms with van der Waals surface area (Å²) in [7, 11) is 0. The van der Waals surface area contributed by atoms with Crippen LogP contribution < -0.4 is 19.6 Å². The van der Waals surface area contributed by atoms with E-state index in [1.165, 1.54) is 11.3 Å². The summed E-state index contributed by atoms with van der Waals surface area (Å²) in [5, 5.41) is 0. The summed E-state index contributed by atoms with van der Waals surface area (Å²) in [6.45, 7) is 4.21. The van der Waals surface area contributed by atoms with Gasteiger partial charge in [0.1, 0.15) is 12.4 Å². The Morgan fingerprint density at radius 1 is 1.05 bits per heavy atom. The molecule has 0 spiro atoms. The molecule has 0 radical (unpaired) electrons. The number of hydrogen-bond acceptors (Lipinski definition) is 7. The van der Waals surface area contributed by atoms with Gasteiger partial charge in [-0.05, 0) is 55.5 Å². The monoisotopic (exact) mass is 556 g/mol. The second kappa shape index (κ2) is 11.9. The lowest BCUT2D eigenvalue weighted by atomic mass is 9.96. The lowest BCUT2D eigenvalue weighted by Gasteiger charge is -2.24. The number of thioether (sulfide) groups is 1. The first-order valence-corrected chi connectivity index (χ1v) is 14.6. The van der Waals surface area contributed by atoms with Crippen LogP contribution in [0, 0.1) is 0 Å². The van der Waals surface area contributed by atoms with E-state index in [1.54, 1.807) is 30.2 Å². The Labute approximate surface area is 235 Å². The highest BCUT2D eigenvalue weighted by Crippen LogP contribution is 2.31. The number of allylic oxidation sites excluding steroid dienone is 1. The predicted octanol–water partition coefficient (Wildman–Crippen LogP) is 5.10. The molecule has 0 amide bonds. The summed E-state index contributed by atoms with van der Waals surface area (Å²) in [5.74, 6) is 0.214. The standard InChI is InChI=1S/C31H28N2O4S2/c1-4-36-30(35)27-20(2)32-31-33(28(27)22-14-16-24(38-3)17-15-22)29(34)26(39-31)18-23-12-8-9-13-25(23)37-19-21-10-6-5-7-11-21/h5-18,28H,4,19H2,1-3H3/b26-18-/t28-/m0/s1. The molecular formula is C31H28N2O4S2. The molecule has 0 saturated carbocycles. The van der Waals surface area contributed by atoms with Crippen LogP contribution in [0.4, 0.5) is 0 Å². The van der Waals surface area contributed by atoms with Crippen LogP contribution in [0.5, 0.6) is 5.75 Å². The normalized spacial score (nSPS) is 15.1. The molecule has 3 aromatic carbocycles. The average Bonchev–Trinajstić information content (AvgIpc) is 3.26. The summed E-state index contributed by atoms with van der Waals surface area (Å²) < 4.78 is 13.6. The van der Waals surface area contributed by atoms with Crippen LogP contribution in [0.1, 0.15) is 36.6 Å². The van der Waals surface area contributed by atoms with E-state index in [4.69, 9.17) is 9.47 Å². The average molecular weight is 557 g/mol. The van der Waals surface area contributed by atoms with Gasteiger partial charge in [-0.2, -0.15) is 0 Å². The van der Waals surface area contributed by atoms with Gasteiger partial charge in [0.05, 0.1) is 28.5 Å². The zero-order valence-electron chi connectivity index (χ0n) is 21.9. The van der Waals surface area contributed by atoms with Crippen LogP contribution in [0.3, 0.4) is 0 Å². The van der Waals surface area contributed by atoms with E-state index in [-0.39, 0.29) is 12.2 Å². The van der Waals surface area contributed by atoms with Crippen molar-refractivity contribution in [3.63, 3.8) is 0 Å². The summed E-state index contributed by atoms with van der Waals surface area (Å²) in [4.78, 5) is 33.3. The molecule has 1 aliphatic rings. The molecule has 1 aromatic heterocycles. The molecule has 6 nitrogen and oxygen atoms in total. The fraction of sp³-hybridized carbons (Fsp3) is 0.194. The molecule has 0 saturated heterocycles. The maximum absolute atomic E-state index is 13.9. The van der Waals surface area contributed by atoms with Crippen LogP contribution in [0.25, 0.3) is 6.08 Å². The maximum Gasteiger partial charge on any atom is 0.338 e. The highest BCUT2D eigenvalue weighted by Gasteiger charge is 2.33. The zero-order chi connectivity index (χ0) is 27.4. The van der Waals surface area contributed by atoms with Crippen molar-refractivity contribution < 1.29 is 14.3 Å². The number of ether oxygens (including phenoxy) is 2. The molecule has 0 unspecified atom stereocenters. The molecule has 8 heteroatoms. The number of rotatable bonds is 8. The number of nitrogens with zero attached hydrogens (tertiary/aromatic N) is 2. The summed E-state index contributed by atoms with van der Waals surface area (Å²) >= 11 is 2.93. The van der Waals surface area contributed by atoms with Gasteiger partial charge >= 0.3 is 5.97 Å². The van der Waals surface area contributed by atoms with Crippen LogP contribution in [0.2, 0.25) is 0 Å². The summed E-state index contributed by atoms with van der Waals surface area (Å²) in [6, 6.07) is 24.8. The number of benzene rings is 3. The van der Waals surface area contributed by atoms with Crippen LogP contribution >= 0.6 is 23.1 Å². The maximum atomic E-state index is 13.9. The number of para-hydroxylation sites is 1. The van der Waals surface area contributed by atoms with E-state index in [0.717, 1.165) is 21.6 Å². The number of esters is 1. The van der Waals surface area contributed by atoms with E-state index in [2.05, 4.69) is 4.99 Å². The van der Waals surface area contributed by atoms with Gasteiger partial charge in [0.25, 0.3) is 5.56 Å². The second-order valence-electron chi connectivity index (χ2n) is 8.89. The highest BCUT2D eigenvalue weighted by atomic mass is 32.2. The van der Waals surface area contributed by atoms with Crippen LogP contribution in [0.15, 0.2) is 105 Å². The molecule has 1 aliphatic heterocycles. The predicted molar refractivity (Wildman–Crippen MR) is 156 cm³/mol. The molecule has 0 bridgehead atoms. The van der Waals surface area contributed by atoms with E-state index in [9.17, 15) is 9.59 Å². The molecule has 198 valence electrons. The van der Waals surface area contributed by atoms with E-state index in [1.807, 2.05) is 91.2 Å². The quantitative estimate of drug-likeness (QED) is 0.223. The van der Waals surface area contributed by atoms with E-state index >= 15 is 0 Å². The van der Waals surface area contributed by atoms with Crippen molar-refractivity contribution in [3.05, 3.63) is 127 Å². The van der Waals surface area contributed by atoms with Crippen molar-refractivity contribution in [1.29, 1.82) is 0 Å². The van der Waals surface area contributed by atoms with Crippen molar-refractivity contribution in [2.75, 3.05) is 12.9 Å². The van der Waals surface area contributed by atoms with Crippen LogP contribution in [-0.4, -0.2) is 23.4 Å². The molecule has 39 heavy (non-hydrogen) atoms. The molecule has 4 aromatic rings. The molecule has 0 fully saturated rings. The molecule has 5 rings (SSSR count). The minimum absolute atomic E-state index is 0.218. The van der Waals surface area contributed by atoms with Crippen molar-refractivity contribution in [3.8, 4) is 5.75 Å². The van der Waals surface area contributed by atoms with Gasteiger partial charge < -0.3 is 9.47 Å². The minimum atomic E-state index is -0.636. The third-order valence-corrected chi connectivity index (χ3v) is 8.12. The topological polar surface area (TPSA) is 69.9 Å². The highest BCUT2D eigenvalue weighted by molar-refractivity contribution is 7.98. The Morgan fingerprint density at radius 2 is 1.77 bits per heavy atom. The first kappa shape index (κ1) is 26.7. The fourth-order valence-electron chi connectivity index (χ4n) is 4.50. The van der Waals surface area contributed by atoms with Crippen molar-refractivity contribution in [2.45, 2.75) is 31.4 Å². The fourth-order valence-corrected chi connectivity index (χ4v) is 5.95. The van der Waals surface area contributed by atoms with Crippen molar-refractivity contribution >= 4 is 35.1 Å².